The number of fused-ring (bicyclic) bond motifs is 1. The summed E-state index contributed by atoms with van der Waals surface area (Å²) in [6, 6.07) is 3.29. The SMILES string of the molecule is CCC(CNc1nc(-c2ccc3n[nH]c(=O)n3c2)ncc1F)CC(=O)O. The van der Waals surface area contributed by atoms with Crippen molar-refractivity contribution in [3.05, 3.63) is 40.8 Å². The van der Waals surface area contributed by atoms with Crippen LogP contribution < -0.4 is 11.0 Å². The lowest BCUT2D eigenvalue weighted by atomic mass is 10.0. The topological polar surface area (TPSA) is 125 Å². The van der Waals surface area contributed by atoms with E-state index in [9.17, 15) is 14.0 Å². The van der Waals surface area contributed by atoms with Crippen LogP contribution in [-0.2, 0) is 4.79 Å². The Morgan fingerprint density at radius 2 is 2.27 bits per heavy atom. The van der Waals surface area contributed by atoms with Gasteiger partial charge in [-0.3, -0.25) is 4.79 Å². The van der Waals surface area contributed by atoms with Crippen molar-refractivity contribution in [3.8, 4) is 11.4 Å². The molecule has 0 aromatic carbocycles. The third kappa shape index (κ3) is 3.68. The molecule has 136 valence electrons. The van der Waals surface area contributed by atoms with Crippen molar-refractivity contribution in [3.63, 3.8) is 0 Å². The minimum Gasteiger partial charge on any atom is -0.481 e. The number of H-pyrrole nitrogens is 1. The molecular formula is C16H17FN6O3. The Balaban J connectivity index is 1.85. The van der Waals surface area contributed by atoms with Crippen LogP contribution in [0.5, 0.6) is 0 Å². The second kappa shape index (κ2) is 7.30. The molecule has 3 N–H and O–H groups in total. The Morgan fingerprint density at radius 1 is 1.46 bits per heavy atom. The van der Waals surface area contributed by atoms with Crippen molar-refractivity contribution in [1.29, 1.82) is 0 Å². The van der Waals surface area contributed by atoms with E-state index in [0.717, 1.165) is 6.20 Å². The molecule has 26 heavy (non-hydrogen) atoms. The van der Waals surface area contributed by atoms with Crippen LogP contribution >= 0.6 is 0 Å². The second-order valence-electron chi connectivity index (χ2n) is 5.82. The van der Waals surface area contributed by atoms with Crippen LogP contribution in [0.25, 0.3) is 17.0 Å². The number of aromatic amines is 1. The highest BCUT2D eigenvalue weighted by Crippen LogP contribution is 2.19. The first-order valence-corrected chi connectivity index (χ1v) is 8.03. The summed E-state index contributed by atoms with van der Waals surface area (Å²) in [4.78, 5) is 30.6. The molecule has 0 aliphatic carbocycles. The number of nitrogens with one attached hydrogen (secondary N) is 2. The van der Waals surface area contributed by atoms with Crippen LogP contribution in [0.4, 0.5) is 10.2 Å². The zero-order chi connectivity index (χ0) is 18.7. The first-order valence-electron chi connectivity index (χ1n) is 8.03. The van der Waals surface area contributed by atoms with Gasteiger partial charge >= 0.3 is 11.7 Å². The van der Waals surface area contributed by atoms with Crippen molar-refractivity contribution in [1.82, 2.24) is 24.6 Å². The molecule has 0 fully saturated rings. The Bertz CT molecular complexity index is 999. The maximum atomic E-state index is 14.0. The molecule has 0 aliphatic rings. The molecule has 0 radical (unpaired) electrons. The van der Waals surface area contributed by atoms with Crippen LogP contribution in [0.2, 0.25) is 0 Å². The van der Waals surface area contributed by atoms with E-state index in [1.807, 2.05) is 6.92 Å². The zero-order valence-corrected chi connectivity index (χ0v) is 13.9. The van der Waals surface area contributed by atoms with Gasteiger partial charge in [0.05, 0.1) is 6.20 Å². The molecular weight excluding hydrogens is 343 g/mol. The highest BCUT2D eigenvalue weighted by Gasteiger charge is 2.14. The van der Waals surface area contributed by atoms with Crippen LogP contribution in [0.3, 0.4) is 0 Å². The van der Waals surface area contributed by atoms with E-state index >= 15 is 0 Å². The summed E-state index contributed by atoms with van der Waals surface area (Å²) in [7, 11) is 0. The number of halogens is 1. The summed E-state index contributed by atoms with van der Waals surface area (Å²) in [6.07, 6.45) is 3.17. The first kappa shape index (κ1) is 17.5. The number of hydrogen-bond donors (Lipinski definition) is 3. The van der Waals surface area contributed by atoms with Crippen LogP contribution in [0.1, 0.15) is 19.8 Å². The van der Waals surface area contributed by atoms with Gasteiger partial charge in [0, 0.05) is 24.7 Å². The first-order chi connectivity index (χ1) is 12.5. The van der Waals surface area contributed by atoms with Crippen molar-refractivity contribution in [2.45, 2.75) is 19.8 Å². The number of anilines is 1. The van der Waals surface area contributed by atoms with E-state index in [2.05, 4.69) is 25.5 Å². The van der Waals surface area contributed by atoms with Gasteiger partial charge in [-0.2, -0.15) is 5.10 Å². The Morgan fingerprint density at radius 3 is 3.00 bits per heavy atom. The van der Waals surface area contributed by atoms with E-state index in [4.69, 9.17) is 5.11 Å². The van der Waals surface area contributed by atoms with Gasteiger partial charge in [-0.05, 0) is 18.1 Å². The van der Waals surface area contributed by atoms with Crippen molar-refractivity contribution >= 4 is 17.4 Å². The predicted octanol–water partition coefficient (Wildman–Crippen LogP) is 1.53. The third-order valence-corrected chi connectivity index (χ3v) is 4.01. The number of carboxylic acid groups (broad SMARTS) is 1. The summed E-state index contributed by atoms with van der Waals surface area (Å²) < 4.78 is 15.3. The molecule has 1 atom stereocenters. The summed E-state index contributed by atoms with van der Waals surface area (Å²) in [5.74, 6) is -1.47. The Hall–Kier alpha value is -3.30. The number of pyridine rings is 1. The van der Waals surface area contributed by atoms with Crippen LogP contribution in [0, 0.1) is 11.7 Å². The van der Waals surface area contributed by atoms with Gasteiger partial charge < -0.3 is 10.4 Å². The Labute approximate surface area is 146 Å². The lowest BCUT2D eigenvalue weighted by Gasteiger charge is -2.14. The largest absolute Gasteiger partial charge is 0.481 e. The van der Waals surface area contributed by atoms with Crippen molar-refractivity contribution in [2.24, 2.45) is 5.92 Å². The van der Waals surface area contributed by atoms with Crippen molar-refractivity contribution in [2.75, 3.05) is 11.9 Å². The maximum Gasteiger partial charge on any atom is 0.347 e. The average Bonchev–Trinajstić information content (AvgIpc) is 3.00. The van der Waals surface area contributed by atoms with Crippen LogP contribution in [-0.4, -0.2) is 42.2 Å². The van der Waals surface area contributed by atoms with Crippen molar-refractivity contribution < 1.29 is 14.3 Å². The van der Waals surface area contributed by atoms with E-state index < -0.39 is 17.5 Å². The fourth-order valence-corrected chi connectivity index (χ4v) is 2.52. The van der Waals surface area contributed by atoms with E-state index in [1.165, 1.54) is 10.6 Å². The smallest absolute Gasteiger partial charge is 0.347 e. The fraction of sp³-hybridized carbons (Fsp3) is 0.312. The molecule has 3 heterocycles. The number of carboxylic acids is 1. The molecule has 0 bridgehead atoms. The molecule has 3 aromatic heterocycles. The number of hydrogen-bond acceptors (Lipinski definition) is 6. The van der Waals surface area contributed by atoms with Gasteiger partial charge in [0.1, 0.15) is 0 Å². The molecule has 0 aliphatic heterocycles. The number of nitrogens with zero attached hydrogens (tertiary/aromatic N) is 4. The minimum absolute atomic E-state index is 0.0108. The van der Waals surface area contributed by atoms with E-state index in [1.54, 1.807) is 12.1 Å². The van der Waals surface area contributed by atoms with Crippen LogP contribution in [0.15, 0.2) is 29.3 Å². The average molecular weight is 360 g/mol. The quantitative estimate of drug-likeness (QED) is 0.583. The second-order valence-corrected chi connectivity index (χ2v) is 5.82. The molecule has 0 spiro atoms. The summed E-state index contributed by atoms with van der Waals surface area (Å²) in [5, 5.41) is 17.9. The fourth-order valence-electron chi connectivity index (χ4n) is 2.52. The zero-order valence-electron chi connectivity index (χ0n) is 13.9. The number of aliphatic carboxylic acids is 1. The van der Waals surface area contributed by atoms with Gasteiger partial charge in [-0.1, -0.05) is 13.3 Å². The number of aromatic nitrogens is 5. The lowest BCUT2D eigenvalue weighted by molar-refractivity contribution is -0.138. The molecule has 9 nitrogen and oxygen atoms in total. The van der Waals surface area contributed by atoms with E-state index in [0.29, 0.717) is 17.6 Å². The minimum atomic E-state index is -0.902. The highest BCUT2D eigenvalue weighted by molar-refractivity contribution is 5.67. The van der Waals surface area contributed by atoms with Gasteiger partial charge in [-0.15, -0.1) is 0 Å². The number of carbonyl (C=O) groups is 1. The monoisotopic (exact) mass is 360 g/mol. The molecule has 1 unspecified atom stereocenters. The highest BCUT2D eigenvalue weighted by atomic mass is 19.1. The molecule has 0 amide bonds. The predicted molar refractivity (Wildman–Crippen MR) is 91.3 cm³/mol. The summed E-state index contributed by atoms with van der Waals surface area (Å²) in [5.41, 5.74) is 0.557. The third-order valence-electron chi connectivity index (χ3n) is 4.01. The standard InChI is InChI=1S/C16H17FN6O3/c1-2-9(5-13(24)25)6-18-15-11(17)7-19-14(20-15)10-3-4-12-21-22-16(26)23(12)8-10/h3-4,7-9H,2,5-6H2,1H3,(H,22,26)(H,24,25)(H,18,19,20). The molecule has 3 aromatic rings. The Kier molecular flexibility index (Phi) is 4.92. The number of rotatable bonds is 7. The normalized spacial score (nSPS) is 12.2. The molecule has 3 rings (SSSR count). The summed E-state index contributed by atoms with van der Waals surface area (Å²) >= 11 is 0. The van der Waals surface area contributed by atoms with Gasteiger partial charge in [0.2, 0.25) is 0 Å². The lowest BCUT2D eigenvalue weighted by Crippen LogP contribution is -2.18. The van der Waals surface area contributed by atoms with Gasteiger partial charge in [-0.25, -0.2) is 28.7 Å². The van der Waals surface area contributed by atoms with Gasteiger partial charge in [0.15, 0.2) is 23.1 Å². The van der Waals surface area contributed by atoms with Gasteiger partial charge in [0.25, 0.3) is 0 Å². The summed E-state index contributed by atoms with van der Waals surface area (Å²) in [6.45, 7) is 2.14. The molecule has 0 saturated heterocycles. The molecule has 10 heteroatoms. The maximum absolute atomic E-state index is 14.0. The molecule has 0 saturated carbocycles. The van der Waals surface area contributed by atoms with E-state index in [-0.39, 0.29) is 30.5 Å².